The number of anilines is 1. The molecular formula is C24H40N4O. The summed E-state index contributed by atoms with van der Waals surface area (Å²) in [7, 11) is 0. The minimum absolute atomic E-state index is 0.0988. The first-order valence-electron chi connectivity index (χ1n) is 11.6. The quantitative estimate of drug-likeness (QED) is 0.740. The van der Waals surface area contributed by atoms with Crippen LogP contribution in [0.1, 0.15) is 77.2 Å². The van der Waals surface area contributed by atoms with Crippen LogP contribution in [0.15, 0.2) is 18.3 Å². The molecule has 5 nitrogen and oxygen atoms in total. The van der Waals surface area contributed by atoms with Crippen molar-refractivity contribution in [3.05, 3.63) is 24.0 Å². The van der Waals surface area contributed by atoms with Gasteiger partial charge in [0.25, 0.3) is 5.91 Å². The molecule has 1 aliphatic heterocycles. The van der Waals surface area contributed by atoms with E-state index in [2.05, 4.69) is 40.9 Å². The zero-order chi connectivity index (χ0) is 21.0. The van der Waals surface area contributed by atoms with Crippen molar-refractivity contribution >= 4 is 11.6 Å². The molecule has 1 aromatic heterocycles. The number of rotatable bonds is 7. The molecule has 1 N–H and O–H groups in total. The molecule has 5 heteroatoms. The van der Waals surface area contributed by atoms with Crippen molar-refractivity contribution in [3.8, 4) is 0 Å². The van der Waals surface area contributed by atoms with Crippen LogP contribution in [0.4, 0.5) is 5.69 Å². The second-order valence-electron chi connectivity index (χ2n) is 9.58. The number of carbonyl (C=O) groups is 1. The van der Waals surface area contributed by atoms with E-state index in [4.69, 9.17) is 0 Å². The Labute approximate surface area is 177 Å². The fourth-order valence-corrected chi connectivity index (χ4v) is 5.14. The molecule has 2 unspecified atom stereocenters. The molecule has 2 heterocycles. The van der Waals surface area contributed by atoms with Crippen molar-refractivity contribution in [2.24, 2.45) is 11.3 Å². The van der Waals surface area contributed by atoms with E-state index in [1.807, 2.05) is 32.2 Å². The molecule has 0 spiro atoms. The summed E-state index contributed by atoms with van der Waals surface area (Å²) < 4.78 is 0. The van der Waals surface area contributed by atoms with E-state index in [-0.39, 0.29) is 11.9 Å². The first-order chi connectivity index (χ1) is 13.9. The van der Waals surface area contributed by atoms with Gasteiger partial charge >= 0.3 is 0 Å². The predicted octanol–water partition coefficient (Wildman–Crippen LogP) is 4.34. The number of pyridine rings is 1. The first kappa shape index (κ1) is 22.1. The molecular weight excluding hydrogens is 360 g/mol. The van der Waals surface area contributed by atoms with Gasteiger partial charge in [0.1, 0.15) is 5.69 Å². The summed E-state index contributed by atoms with van der Waals surface area (Å²) in [5, 5.41) is 2.90. The van der Waals surface area contributed by atoms with Gasteiger partial charge in [-0.25, -0.2) is 4.98 Å². The maximum absolute atomic E-state index is 12.1. The van der Waals surface area contributed by atoms with E-state index >= 15 is 0 Å². The molecule has 3 rings (SSSR count). The molecule has 2 aliphatic rings. The zero-order valence-corrected chi connectivity index (χ0v) is 19.1. The van der Waals surface area contributed by atoms with Gasteiger partial charge < -0.3 is 10.2 Å². The minimum Gasteiger partial charge on any atom is -0.368 e. The van der Waals surface area contributed by atoms with E-state index in [1.165, 1.54) is 32.1 Å². The Balaban J connectivity index is 1.51. The third kappa shape index (κ3) is 5.11. The zero-order valence-electron chi connectivity index (χ0n) is 19.1. The van der Waals surface area contributed by atoms with Gasteiger partial charge in [0.15, 0.2) is 0 Å². The summed E-state index contributed by atoms with van der Waals surface area (Å²) >= 11 is 0. The van der Waals surface area contributed by atoms with Crippen LogP contribution in [0.3, 0.4) is 0 Å². The molecule has 1 aliphatic carbocycles. The maximum Gasteiger partial charge on any atom is 0.270 e. The van der Waals surface area contributed by atoms with Crippen molar-refractivity contribution in [2.45, 2.75) is 78.8 Å². The van der Waals surface area contributed by atoms with Crippen LogP contribution < -0.4 is 10.2 Å². The van der Waals surface area contributed by atoms with Crippen LogP contribution >= 0.6 is 0 Å². The monoisotopic (exact) mass is 400 g/mol. The molecule has 29 heavy (non-hydrogen) atoms. The average molecular weight is 401 g/mol. The minimum atomic E-state index is -0.0988. The fourth-order valence-electron chi connectivity index (χ4n) is 5.14. The number of piperazine rings is 1. The molecule has 2 fully saturated rings. The predicted molar refractivity (Wildman–Crippen MR) is 120 cm³/mol. The Morgan fingerprint density at radius 1 is 1.17 bits per heavy atom. The number of aromatic nitrogens is 1. The van der Waals surface area contributed by atoms with Crippen LogP contribution in [-0.4, -0.2) is 54.1 Å². The number of nitrogens with zero attached hydrogens (tertiary/aromatic N) is 3. The Hall–Kier alpha value is -1.62. The van der Waals surface area contributed by atoms with Gasteiger partial charge in [-0.2, -0.15) is 0 Å². The second-order valence-corrected chi connectivity index (χ2v) is 9.58. The highest BCUT2D eigenvalue weighted by molar-refractivity contribution is 5.92. The number of hydrogen-bond donors (Lipinski definition) is 1. The SMILES string of the molecule is CCC(C)(CC)C1CCC(N2CCN(c3ccc(C(=O)NC(C)C)nc3)CC2)C1. The van der Waals surface area contributed by atoms with Crippen molar-refractivity contribution in [2.75, 3.05) is 31.1 Å². The highest BCUT2D eigenvalue weighted by atomic mass is 16.1. The van der Waals surface area contributed by atoms with Crippen molar-refractivity contribution < 1.29 is 4.79 Å². The molecule has 0 bridgehead atoms. The van der Waals surface area contributed by atoms with E-state index in [1.54, 1.807) is 0 Å². The Kier molecular flexibility index (Phi) is 7.20. The Bertz CT molecular complexity index is 660. The topological polar surface area (TPSA) is 48.5 Å². The van der Waals surface area contributed by atoms with Crippen LogP contribution in [0.25, 0.3) is 0 Å². The standard InChI is InChI=1S/C24H40N4O/c1-6-24(5,7-2)19-8-9-20(16-19)27-12-14-28(15-13-27)21-10-11-22(25-17-21)23(29)26-18(3)4/h10-11,17-20H,6-9,12-16H2,1-5H3,(H,26,29). The highest BCUT2D eigenvalue weighted by Crippen LogP contribution is 2.45. The molecule has 1 aromatic rings. The summed E-state index contributed by atoms with van der Waals surface area (Å²) in [6.07, 6.45) is 8.58. The normalized spacial score (nSPS) is 23.6. The lowest BCUT2D eigenvalue weighted by Gasteiger charge is -2.40. The van der Waals surface area contributed by atoms with Gasteiger partial charge in [-0.1, -0.05) is 33.6 Å². The van der Waals surface area contributed by atoms with Crippen LogP contribution in [0, 0.1) is 11.3 Å². The first-order valence-corrected chi connectivity index (χ1v) is 11.6. The van der Waals surface area contributed by atoms with Crippen molar-refractivity contribution in [1.82, 2.24) is 15.2 Å². The molecule has 2 atom stereocenters. The third-order valence-corrected chi connectivity index (χ3v) is 7.60. The summed E-state index contributed by atoms with van der Waals surface area (Å²) in [5.74, 6) is 0.785. The second kappa shape index (κ2) is 9.46. The van der Waals surface area contributed by atoms with Gasteiger partial charge in [0.2, 0.25) is 0 Å². The van der Waals surface area contributed by atoms with Crippen LogP contribution in [0.5, 0.6) is 0 Å². The Morgan fingerprint density at radius 3 is 2.41 bits per heavy atom. The van der Waals surface area contributed by atoms with Crippen molar-refractivity contribution in [1.29, 1.82) is 0 Å². The van der Waals surface area contributed by atoms with E-state index in [0.29, 0.717) is 11.1 Å². The number of carbonyl (C=O) groups excluding carboxylic acids is 1. The molecule has 1 amide bonds. The van der Waals surface area contributed by atoms with E-state index in [0.717, 1.165) is 43.8 Å². The van der Waals surface area contributed by atoms with Crippen LogP contribution in [-0.2, 0) is 0 Å². The molecule has 162 valence electrons. The molecule has 0 radical (unpaired) electrons. The maximum atomic E-state index is 12.1. The largest absolute Gasteiger partial charge is 0.368 e. The van der Waals surface area contributed by atoms with Crippen LogP contribution in [0.2, 0.25) is 0 Å². The van der Waals surface area contributed by atoms with E-state index < -0.39 is 0 Å². The lowest BCUT2D eigenvalue weighted by Crippen LogP contribution is -2.50. The highest BCUT2D eigenvalue weighted by Gasteiger charge is 2.39. The number of amides is 1. The summed E-state index contributed by atoms with van der Waals surface area (Å²) in [5.41, 5.74) is 2.14. The molecule has 0 aromatic carbocycles. The summed E-state index contributed by atoms with van der Waals surface area (Å²) in [4.78, 5) is 21.6. The summed E-state index contributed by atoms with van der Waals surface area (Å²) in [6, 6.07) is 4.77. The fraction of sp³-hybridized carbons (Fsp3) is 0.750. The number of hydrogen-bond acceptors (Lipinski definition) is 4. The number of nitrogens with one attached hydrogen (secondary N) is 1. The molecule has 1 saturated heterocycles. The van der Waals surface area contributed by atoms with Crippen molar-refractivity contribution in [3.63, 3.8) is 0 Å². The van der Waals surface area contributed by atoms with Gasteiger partial charge in [0, 0.05) is 38.3 Å². The van der Waals surface area contributed by atoms with E-state index in [9.17, 15) is 4.79 Å². The lowest BCUT2D eigenvalue weighted by atomic mass is 9.72. The van der Waals surface area contributed by atoms with Gasteiger partial charge in [-0.3, -0.25) is 9.69 Å². The smallest absolute Gasteiger partial charge is 0.270 e. The average Bonchev–Trinajstić information content (AvgIpc) is 3.24. The Morgan fingerprint density at radius 2 is 1.86 bits per heavy atom. The summed E-state index contributed by atoms with van der Waals surface area (Å²) in [6.45, 7) is 15.5. The molecule has 1 saturated carbocycles. The van der Waals surface area contributed by atoms with Gasteiger partial charge in [-0.05, 0) is 56.6 Å². The van der Waals surface area contributed by atoms with Gasteiger partial charge in [0.05, 0.1) is 11.9 Å². The van der Waals surface area contributed by atoms with Gasteiger partial charge in [-0.15, -0.1) is 0 Å². The lowest BCUT2D eigenvalue weighted by molar-refractivity contribution is 0.0938. The third-order valence-electron chi connectivity index (χ3n) is 7.60.